The van der Waals surface area contributed by atoms with Crippen LogP contribution in [-0.2, 0) is 6.42 Å². The number of pyridine rings is 1. The van der Waals surface area contributed by atoms with E-state index in [1.807, 2.05) is 29.6 Å². The van der Waals surface area contributed by atoms with Gasteiger partial charge in [-0.15, -0.1) is 11.3 Å². The number of carbonyl (C=O) groups excluding carboxylic acids is 1. The zero-order valence-electron chi connectivity index (χ0n) is 15.2. The standard InChI is InChI=1S/C23H17FN2OS/c1-15-2-5-18(23-26-10-11-28-23)13-20(15)17-6-3-16(4-7-17)12-22(27)19-8-9-25-14-21(19)24/h2-11,13-14H,12H2,1H3. The molecule has 0 atom stereocenters. The molecule has 0 aliphatic rings. The molecule has 2 aromatic heterocycles. The van der Waals surface area contributed by atoms with Gasteiger partial charge in [-0.2, -0.15) is 0 Å². The second-order valence-electron chi connectivity index (χ2n) is 6.52. The van der Waals surface area contributed by atoms with E-state index in [0.717, 1.165) is 33.5 Å². The predicted octanol–water partition coefficient (Wildman–Crippen LogP) is 5.75. The quantitative estimate of drug-likeness (QED) is 0.409. The number of hydrogen-bond donors (Lipinski definition) is 0. The summed E-state index contributed by atoms with van der Waals surface area (Å²) in [4.78, 5) is 20.4. The Hall–Kier alpha value is -3.18. The number of thiazole rings is 1. The molecule has 4 rings (SSSR count). The summed E-state index contributed by atoms with van der Waals surface area (Å²) in [6.07, 6.45) is 4.45. The van der Waals surface area contributed by atoms with E-state index >= 15 is 0 Å². The molecule has 0 saturated heterocycles. The maximum absolute atomic E-state index is 13.7. The van der Waals surface area contributed by atoms with Gasteiger partial charge in [0.25, 0.3) is 0 Å². The molecule has 2 aromatic carbocycles. The first-order valence-corrected chi connectivity index (χ1v) is 9.72. The van der Waals surface area contributed by atoms with Crippen molar-refractivity contribution in [2.45, 2.75) is 13.3 Å². The SMILES string of the molecule is Cc1ccc(-c2nccs2)cc1-c1ccc(CC(=O)c2ccncc2F)cc1. The zero-order valence-corrected chi connectivity index (χ0v) is 16.0. The fourth-order valence-corrected chi connectivity index (χ4v) is 3.75. The van der Waals surface area contributed by atoms with Crippen molar-refractivity contribution in [3.63, 3.8) is 0 Å². The number of rotatable bonds is 5. The van der Waals surface area contributed by atoms with Gasteiger partial charge in [0.2, 0.25) is 0 Å². The minimum absolute atomic E-state index is 0.0751. The summed E-state index contributed by atoms with van der Waals surface area (Å²) in [5.74, 6) is -0.839. The average Bonchev–Trinajstić information content (AvgIpc) is 3.24. The molecule has 28 heavy (non-hydrogen) atoms. The molecule has 0 unspecified atom stereocenters. The van der Waals surface area contributed by atoms with E-state index in [1.54, 1.807) is 17.5 Å². The number of hydrogen-bond acceptors (Lipinski definition) is 4. The number of aromatic nitrogens is 2. The number of aryl methyl sites for hydroxylation is 1. The molecule has 2 heterocycles. The Morgan fingerprint density at radius 3 is 2.54 bits per heavy atom. The molecule has 0 aliphatic heterocycles. The maximum Gasteiger partial charge on any atom is 0.170 e. The highest BCUT2D eigenvalue weighted by Gasteiger charge is 2.13. The first-order chi connectivity index (χ1) is 13.6. The molecule has 0 N–H and O–H groups in total. The minimum atomic E-state index is -0.584. The van der Waals surface area contributed by atoms with Crippen LogP contribution in [0.2, 0.25) is 0 Å². The number of nitrogens with zero attached hydrogens (tertiary/aromatic N) is 2. The third kappa shape index (κ3) is 3.75. The second kappa shape index (κ2) is 7.82. The van der Waals surface area contributed by atoms with Gasteiger partial charge >= 0.3 is 0 Å². The van der Waals surface area contributed by atoms with E-state index in [0.29, 0.717) is 0 Å². The number of halogens is 1. The number of carbonyl (C=O) groups is 1. The van der Waals surface area contributed by atoms with Crippen molar-refractivity contribution in [3.05, 3.63) is 95.0 Å². The number of Topliss-reactive ketones (excluding diaryl/α,β-unsaturated/α-hetero) is 1. The summed E-state index contributed by atoms with van der Waals surface area (Å²) in [6.45, 7) is 2.07. The van der Waals surface area contributed by atoms with Gasteiger partial charge < -0.3 is 0 Å². The largest absolute Gasteiger partial charge is 0.294 e. The molecular weight excluding hydrogens is 371 g/mol. The first kappa shape index (κ1) is 18.2. The molecule has 138 valence electrons. The molecule has 0 radical (unpaired) electrons. The Morgan fingerprint density at radius 2 is 1.82 bits per heavy atom. The fraction of sp³-hybridized carbons (Fsp3) is 0.0870. The van der Waals surface area contributed by atoms with Gasteiger partial charge in [0.1, 0.15) is 5.01 Å². The summed E-state index contributed by atoms with van der Waals surface area (Å²) in [5.41, 5.74) is 5.38. The van der Waals surface area contributed by atoms with Crippen molar-refractivity contribution >= 4 is 17.1 Å². The monoisotopic (exact) mass is 388 g/mol. The first-order valence-electron chi connectivity index (χ1n) is 8.84. The van der Waals surface area contributed by atoms with Crippen LogP contribution in [0.5, 0.6) is 0 Å². The van der Waals surface area contributed by atoms with Crippen molar-refractivity contribution in [1.82, 2.24) is 9.97 Å². The van der Waals surface area contributed by atoms with Crippen LogP contribution in [0.1, 0.15) is 21.5 Å². The van der Waals surface area contributed by atoms with E-state index in [1.165, 1.54) is 17.8 Å². The van der Waals surface area contributed by atoms with Crippen molar-refractivity contribution < 1.29 is 9.18 Å². The van der Waals surface area contributed by atoms with E-state index in [9.17, 15) is 9.18 Å². The Labute approximate surface area is 166 Å². The summed E-state index contributed by atoms with van der Waals surface area (Å²) >= 11 is 1.61. The minimum Gasteiger partial charge on any atom is -0.294 e. The van der Waals surface area contributed by atoms with Crippen molar-refractivity contribution in [2.24, 2.45) is 0 Å². The van der Waals surface area contributed by atoms with Crippen LogP contribution < -0.4 is 0 Å². The van der Waals surface area contributed by atoms with Crippen molar-refractivity contribution in [3.8, 4) is 21.7 Å². The van der Waals surface area contributed by atoms with Crippen LogP contribution in [0.15, 0.2) is 72.5 Å². The third-order valence-electron chi connectivity index (χ3n) is 4.62. The third-order valence-corrected chi connectivity index (χ3v) is 5.44. The van der Waals surface area contributed by atoms with Crippen LogP contribution in [0.25, 0.3) is 21.7 Å². The molecule has 4 aromatic rings. The molecule has 0 saturated carbocycles. The van der Waals surface area contributed by atoms with E-state index in [2.05, 4.69) is 35.1 Å². The summed E-state index contributed by atoms with van der Waals surface area (Å²) in [5, 5.41) is 2.95. The van der Waals surface area contributed by atoms with Crippen LogP contribution in [0.3, 0.4) is 0 Å². The Kier molecular flexibility index (Phi) is 5.08. The summed E-state index contributed by atoms with van der Waals surface area (Å²) in [6, 6.07) is 15.6. The molecule has 3 nitrogen and oxygen atoms in total. The average molecular weight is 388 g/mol. The Balaban J connectivity index is 1.58. The van der Waals surface area contributed by atoms with Gasteiger partial charge in [-0.1, -0.05) is 36.4 Å². The summed E-state index contributed by atoms with van der Waals surface area (Å²) < 4.78 is 13.7. The molecule has 0 fully saturated rings. The van der Waals surface area contributed by atoms with Gasteiger partial charge in [0.05, 0.1) is 11.8 Å². The number of ketones is 1. The lowest BCUT2D eigenvalue weighted by Crippen LogP contribution is -2.06. The van der Waals surface area contributed by atoms with Crippen molar-refractivity contribution in [2.75, 3.05) is 0 Å². The highest BCUT2D eigenvalue weighted by Crippen LogP contribution is 2.30. The number of benzene rings is 2. The molecule has 0 bridgehead atoms. The van der Waals surface area contributed by atoms with Gasteiger partial charge in [-0.05, 0) is 41.3 Å². The van der Waals surface area contributed by atoms with E-state index in [-0.39, 0.29) is 17.8 Å². The fourth-order valence-electron chi connectivity index (χ4n) is 3.12. The Morgan fingerprint density at radius 1 is 1.04 bits per heavy atom. The highest BCUT2D eigenvalue weighted by molar-refractivity contribution is 7.13. The van der Waals surface area contributed by atoms with Gasteiger partial charge in [-0.3, -0.25) is 9.78 Å². The van der Waals surface area contributed by atoms with Gasteiger partial charge in [0, 0.05) is 29.8 Å². The molecule has 5 heteroatoms. The lowest BCUT2D eigenvalue weighted by molar-refractivity contribution is 0.0989. The van der Waals surface area contributed by atoms with Gasteiger partial charge in [-0.25, -0.2) is 9.37 Å². The summed E-state index contributed by atoms with van der Waals surface area (Å²) in [7, 11) is 0. The normalized spacial score (nSPS) is 10.8. The van der Waals surface area contributed by atoms with Crippen LogP contribution in [0, 0.1) is 12.7 Å². The molecule has 0 amide bonds. The van der Waals surface area contributed by atoms with Crippen LogP contribution in [-0.4, -0.2) is 15.8 Å². The Bertz CT molecular complexity index is 1120. The zero-order chi connectivity index (χ0) is 19.5. The van der Waals surface area contributed by atoms with Crippen LogP contribution in [0.4, 0.5) is 4.39 Å². The molecule has 0 spiro atoms. The second-order valence-corrected chi connectivity index (χ2v) is 7.41. The van der Waals surface area contributed by atoms with Crippen LogP contribution >= 0.6 is 11.3 Å². The predicted molar refractivity (Wildman–Crippen MR) is 110 cm³/mol. The van der Waals surface area contributed by atoms with E-state index < -0.39 is 5.82 Å². The highest BCUT2D eigenvalue weighted by atomic mass is 32.1. The van der Waals surface area contributed by atoms with E-state index in [4.69, 9.17) is 0 Å². The lowest BCUT2D eigenvalue weighted by atomic mass is 9.96. The smallest absolute Gasteiger partial charge is 0.170 e. The maximum atomic E-state index is 13.7. The topological polar surface area (TPSA) is 42.9 Å². The van der Waals surface area contributed by atoms with Gasteiger partial charge in [0.15, 0.2) is 11.6 Å². The van der Waals surface area contributed by atoms with Crippen molar-refractivity contribution in [1.29, 1.82) is 0 Å². The molecular formula is C23H17FN2OS. The molecule has 0 aliphatic carbocycles. The lowest BCUT2D eigenvalue weighted by Gasteiger charge is -2.09.